The Balaban J connectivity index is 5.35. The van der Waals surface area contributed by atoms with E-state index in [9.17, 15) is 43.2 Å². The van der Waals surface area contributed by atoms with Crippen molar-refractivity contribution >= 4 is 39.5 Å². The third-order valence-electron chi connectivity index (χ3n) is 17.5. The van der Waals surface area contributed by atoms with Gasteiger partial charge >= 0.3 is 39.5 Å². The van der Waals surface area contributed by atoms with Gasteiger partial charge in [-0.15, -0.1) is 0 Å². The van der Waals surface area contributed by atoms with Crippen molar-refractivity contribution in [3.63, 3.8) is 0 Å². The third-order valence-corrected chi connectivity index (χ3v) is 19.4. The number of ether oxygens (including phenoxy) is 4. The highest BCUT2D eigenvalue weighted by atomic mass is 31.2. The minimum Gasteiger partial charge on any atom is -0.462 e. The van der Waals surface area contributed by atoms with E-state index >= 15 is 0 Å². The Morgan fingerprint density at radius 3 is 0.780 bits per heavy atom. The second-order valence-electron chi connectivity index (χ2n) is 27.4. The lowest BCUT2D eigenvalue weighted by Crippen LogP contribution is -2.30. The highest BCUT2D eigenvalue weighted by Crippen LogP contribution is 2.45. The number of rotatable bonds is 77. The Hall–Kier alpha value is -3.24. The van der Waals surface area contributed by atoms with Crippen molar-refractivity contribution in [3.8, 4) is 0 Å². The first-order chi connectivity index (χ1) is 48.7. The first-order valence-electron chi connectivity index (χ1n) is 40.5. The molecule has 0 aliphatic heterocycles. The van der Waals surface area contributed by atoms with Gasteiger partial charge in [0.1, 0.15) is 19.3 Å². The van der Waals surface area contributed by atoms with Crippen molar-refractivity contribution in [1.29, 1.82) is 0 Å². The van der Waals surface area contributed by atoms with Gasteiger partial charge in [0, 0.05) is 25.7 Å². The molecule has 0 radical (unpaired) electrons. The van der Waals surface area contributed by atoms with E-state index in [0.29, 0.717) is 25.7 Å². The summed E-state index contributed by atoms with van der Waals surface area (Å²) in [6.45, 7) is 4.85. The average molecular weight is 1460 g/mol. The molecule has 0 aromatic rings. The minimum absolute atomic E-state index is 0.0821. The summed E-state index contributed by atoms with van der Waals surface area (Å²) < 4.78 is 68.6. The van der Waals surface area contributed by atoms with E-state index in [1.807, 2.05) is 0 Å². The van der Waals surface area contributed by atoms with Crippen molar-refractivity contribution in [3.05, 3.63) is 60.8 Å². The van der Waals surface area contributed by atoms with Crippen LogP contribution in [0.1, 0.15) is 374 Å². The Labute approximate surface area is 610 Å². The van der Waals surface area contributed by atoms with Gasteiger partial charge in [-0.05, 0) is 116 Å². The van der Waals surface area contributed by atoms with Gasteiger partial charge in [0.25, 0.3) is 0 Å². The molecular formula is C81H148O17P2. The molecule has 5 atom stereocenters. The van der Waals surface area contributed by atoms with Crippen molar-refractivity contribution in [2.75, 3.05) is 39.6 Å². The molecule has 0 fully saturated rings. The Bertz CT molecular complexity index is 2130. The molecule has 2 unspecified atom stereocenters. The molecule has 3 N–H and O–H groups in total. The number of aliphatic hydroxyl groups excluding tert-OH is 1. The summed E-state index contributed by atoms with van der Waals surface area (Å²) >= 11 is 0. The van der Waals surface area contributed by atoms with Crippen LogP contribution in [0, 0.1) is 0 Å². The van der Waals surface area contributed by atoms with Crippen molar-refractivity contribution in [2.24, 2.45) is 0 Å². The van der Waals surface area contributed by atoms with Gasteiger partial charge in [0.05, 0.1) is 26.4 Å². The molecule has 0 saturated carbocycles. The van der Waals surface area contributed by atoms with E-state index in [-0.39, 0.29) is 25.7 Å². The quantitative estimate of drug-likeness (QED) is 0.0169. The first-order valence-corrected chi connectivity index (χ1v) is 43.5. The molecule has 17 nitrogen and oxygen atoms in total. The number of carbonyl (C=O) groups excluding carboxylic acids is 4. The maximum atomic E-state index is 13.1. The van der Waals surface area contributed by atoms with Crippen molar-refractivity contribution in [1.82, 2.24) is 0 Å². The SMILES string of the molecule is CCCCC/C=C\C/C=C\CCCCCCCC(=O)OC[C@H](COP(=O)(O)OC[C@@H](O)COP(=O)(O)OC[C@@H](COC(=O)CCCCCCCCC/C=C\CCCCCC)OC(=O)CCCCCCC/C=C\C/C=C\CCCCC)OC(=O)CCCCCCCCCCCCCCCCC. The van der Waals surface area contributed by atoms with E-state index in [2.05, 4.69) is 88.5 Å². The predicted molar refractivity (Wildman–Crippen MR) is 409 cm³/mol. The van der Waals surface area contributed by atoms with Gasteiger partial charge in [-0.25, -0.2) is 9.13 Å². The van der Waals surface area contributed by atoms with Crippen molar-refractivity contribution in [2.45, 2.75) is 393 Å². The van der Waals surface area contributed by atoms with Gasteiger partial charge < -0.3 is 33.8 Å². The predicted octanol–water partition coefficient (Wildman–Crippen LogP) is 23.5. The molecule has 0 bridgehead atoms. The fourth-order valence-corrected chi connectivity index (χ4v) is 12.8. The fourth-order valence-electron chi connectivity index (χ4n) is 11.2. The van der Waals surface area contributed by atoms with Crippen LogP contribution in [0.25, 0.3) is 0 Å². The summed E-state index contributed by atoms with van der Waals surface area (Å²) in [5, 5.41) is 10.6. The number of allylic oxidation sites excluding steroid dienone is 10. The van der Waals surface area contributed by atoms with E-state index in [1.54, 1.807) is 0 Å². The second kappa shape index (κ2) is 74.0. The lowest BCUT2D eigenvalue weighted by molar-refractivity contribution is -0.161. The maximum Gasteiger partial charge on any atom is 0.472 e. The number of carbonyl (C=O) groups is 4. The maximum absolute atomic E-state index is 13.1. The monoisotopic (exact) mass is 1460 g/mol. The van der Waals surface area contributed by atoms with E-state index in [0.717, 1.165) is 154 Å². The number of unbranched alkanes of at least 4 members (excludes halogenated alkanes) is 41. The van der Waals surface area contributed by atoms with Crippen LogP contribution in [0.2, 0.25) is 0 Å². The summed E-state index contributed by atoms with van der Waals surface area (Å²) in [7, 11) is -9.95. The molecule has 0 aliphatic carbocycles. The zero-order valence-corrected chi connectivity index (χ0v) is 65.7. The zero-order chi connectivity index (χ0) is 73.2. The highest BCUT2D eigenvalue weighted by Gasteiger charge is 2.30. The average Bonchev–Trinajstić information content (AvgIpc) is 1.01. The number of phosphoric ester groups is 2. The first kappa shape index (κ1) is 96.8. The van der Waals surface area contributed by atoms with E-state index in [1.165, 1.54) is 141 Å². The smallest absolute Gasteiger partial charge is 0.462 e. The topological polar surface area (TPSA) is 237 Å². The molecule has 584 valence electrons. The standard InChI is InChI=1S/C81H148O17P2/c1-5-9-13-17-21-25-29-33-37-41-45-49-53-57-61-65-78(83)91-71-76(97-80(85)67-63-59-55-51-47-43-39-35-31-27-23-19-15-11-7-3)73-95-99(87,88)93-69-75(82)70-94-100(89,90)96-74-77(98-81(86)68-64-60-56-52-48-44-40-36-32-28-24-20-16-12-8-4)72-92-79(84)66-62-58-54-50-46-42-38-34-30-26-22-18-14-10-6-2/h21,24-26,28,30,33,36-37,40,75-77,82H,5-20,22-23,27,29,31-32,34-35,38-39,41-74H2,1-4H3,(H,87,88)(H,89,90)/b25-21-,28-24-,30-26-,37-33-,40-36-/t75-,76-,77-/m1/s1. The minimum atomic E-state index is -4.97. The zero-order valence-electron chi connectivity index (χ0n) is 63.9. The summed E-state index contributed by atoms with van der Waals surface area (Å²) in [6.07, 6.45) is 73.3. The Kier molecular flexibility index (Phi) is 71.6. The van der Waals surface area contributed by atoms with Gasteiger partial charge in [0.2, 0.25) is 0 Å². The van der Waals surface area contributed by atoms with Crippen molar-refractivity contribution < 1.29 is 80.2 Å². The van der Waals surface area contributed by atoms with Gasteiger partial charge in [-0.3, -0.25) is 37.3 Å². The van der Waals surface area contributed by atoms with Crippen LogP contribution in [-0.4, -0.2) is 96.7 Å². The summed E-state index contributed by atoms with van der Waals surface area (Å²) in [6, 6.07) is 0. The van der Waals surface area contributed by atoms with Crippen LogP contribution >= 0.6 is 15.6 Å². The van der Waals surface area contributed by atoms with E-state index in [4.69, 9.17) is 37.0 Å². The van der Waals surface area contributed by atoms with Gasteiger partial charge in [0.15, 0.2) is 12.2 Å². The summed E-state index contributed by atoms with van der Waals surface area (Å²) in [5.74, 6) is -2.17. The Morgan fingerprint density at radius 2 is 0.490 bits per heavy atom. The molecule has 0 aromatic carbocycles. The lowest BCUT2D eigenvalue weighted by Gasteiger charge is -2.21. The molecule has 0 heterocycles. The molecule has 0 rings (SSSR count). The number of phosphoric acid groups is 2. The normalized spacial score (nSPS) is 14.2. The molecule has 0 saturated heterocycles. The van der Waals surface area contributed by atoms with E-state index < -0.39 is 97.5 Å². The molecule has 0 aliphatic rings. The summed E-state index contributed by atoms with van der Waals surface area (Å²) in [4.78, 5) is 73.0. The molecule has 100 heavy (non-hydrogen) atoms. The highest BCUT2D eigenvalue weighted by molar-refractivity contribution is 7.47. The van der Waals surface area contributed by atoms with Crippen LogP contribution in [-0.2, 0) is 65.4 Å². The number of hydrogen-bond acceptors (Lipinski definition) is 15. The van der Waals surface area contributed by atoms with Gasteiger partial charge in [-0.1, -0.05) is 294 Å². The molecule has 0 spiro atoms. The van der Waals surface area contributed by atoms with Crippen LogP contribution in [0.4, 0.5) is 0 Å². The van der Waals surface area contributed by atoms with Gasteiger partial charge in [-0.2, -0.15) is 0 Å². The lowest BCUT2D eigenvalue weighted by atomic mass is 10.0. The second-order valence-corrected chi connectivity index (χ2v) is 30.3. The number of esters is 4. The molecular weight excluding hydrogens is 1310 g/mol. The Morgan fingerprint density at radius 1 is 0.280 bits per heavy atom. The van der Waals surface area contributed by atoms with Crippen LogP contribution in [0.5, 0.6) is 0 Å². The van der Waals surface area contributed by atoms with Crippen LogP contribution in [0.15, 0.2) is 60.8 Å². The summed E-state index contributed by atoms with van der Waals surface area (Å²) in [5.41, 5.74) is 0. The fraction of sp³-hybridized carbons (Fsp3) is 0.827. The molecule has 19 heteroatoms. The molecule has 0 aromatic heterocycles. The van der Waals surface area contributed by atoms with Crippen LogP contribution < -0.4 is 0 Å². The largest absolute Gasteiger partial charge is 0.472 e. The van der Waals surface area contributed by atoms with Crippen LogP contribution in [0.3, 0.4) is 0 Å². The number of aliphatic hydroxyl groups is 1. The molecule has 0 amide bonds. The number of hydrogen-bond donors (Lipinski definition) is 3. The third kappa shape index (κ3) is 73.1.